The van der Waals surface area contributed by atoms with E-state index >= 15 is 0 Å². The lowest BCUT2D eigenvalue weighted by molar-refractivity contribution is 0.404. The summed E-state index contributed by atoms with van der Waals surface area (Å²) in [6.45, 7) is 6.28. The Balaban J connectivity index is 2.63. The minimum Gasteiger partial charge on any atom is -0.496 e. The number of benzene rings is 2. The van der Waals surface area contributed by atoms with Crippen molar-refractivity contribution >= 4 is 11.6 Å². The van der Waals surface area contributed by atoms with E-state index in [4.69, 9.17) is 22.2 Å². The van der Waals surface area contributed by atoms with Gasteiger partial charge in [-0.3, -0.25) is 5.84 Å². The Morgan fingerprint density at radius 2 is 1.71 bits per heavy atom. The maximum atomic E-state index is 6.14. The van der Waals surface area contributed by atoms with E-state index in [0.29, 0.717) is 5.02 Å². The number of halogens is 1. The van der Waals surface area contributed by atoms with Crippen molar-refractivity contribution in [3.05, 3.63) is 63.2 Å². The molecule has 0 spiro atoms. The van der Waals surface area contributed by atoms with Gasteiger partial charge in [-0.1, -0.05) is 29.3 Å². The number of hydrogen-bond donors (Lipinski definition) is 2. The fourth-order valence-electron chi connectivity index (χ4n) is 2.91. The Morgan fingerprint density at radius 3 is 2.24 bits per heavy atom. The van der Waals surface area contributed by atoms with Gasteiger partial charge in [0.1, 0.15) is 5.75 Å². The third-order valence-corrected chi connectivity index (χ3v) is 3.93. The molecule has 0 fully saturated rings. The second-order valence-electron chi connectivity index (χ2n) is 5.30. The summed E-state index contributed by atoms with van der Waals surface area (Å²) in [6, 6.07) is 9.71. The summed E-state index contributed by atoms with van der Waals surface area (Å²) in [7, 11) is 1.65. The number of hydrazine groups is 1. The van der Waals surface area contributed by atoms with Crippen LogP contribution in [0.15, 0.2) is 30.3 Å². The molecule has 3 N–H and O–H groups in total. The van der Waals surface area contributed by atoms with Crippen LogP contribution in [0, 0.1) is 20.8 Å². The number of methoxy groups -OCH3 is 1. The Morgan fingerprint density at radius 1 is 1.10 bits per heavy atom. The molecule has 4 heteroatoms. The molecule has 0 saturated carbocycles. The highest BCUT2D eigenvalue weighted by Crippen LogP contribution is 2.35. The predicted molar refractivity (Wildman–Crippen MR) is 87.8 cm³/mol. The van der Waals surface area contributed by atoms with Crippen LogP contribution in [0.3, 0.4) is 0 Å². The first kappa shape index (κ1) is 15.8. The molecule has 2 aromatic rings. The molecule has 2 aromatic carbocycles. The molecule has 0 heterocycles. The molecular weight excluding hydrogens is 284 g/mol. The number of ether oxygens (including phenoxy) is 1. The molecule has 0 aliphatic heterocycles. The van der Waals surface area contributed by atoms with Crippen LogP contribution in [-0.4, -0.2) is 7.11 Å². The number of hydrogen-bond acceptors (Lipinski definition) is 3. The predicted octanol–water partition coefficient (Wildman–Crippen LogP) is 3.83. The molecular formula is C17H21ClN2O. The maximum Gasteiger partial charge on any atom is 0.124 e. The Labute approximate surface area is 131 Å². The zero-order valence-electron chi connectivity index (χ0n) is 12.8. The van der Waals surface area contributed by atoms with Crippen molar-refractivity contribution in [1.29, 1.82) is 0 Å². The average Bonchev–Trinajstić information content (AvgIpc) is 2.42. The van der Waals surface area contributed by atoms with Crippen molar-refractivity contribution in [2.45, 2.75) is 26.8 Å². The van der Waals surface area contributed by atoms with E-state index in [1.807, 2.05) is 18.2 Å². The summed E-state index contributed by atoms with van der Waals surface area (Å²) in [5, 5.41) is 0.661. The molecule has 1 atom stereocenters. The Hall–Kier alpha value is -1.55. The largest absolute Gasteiger partial charge is 0.496 e. The average molecular weight is 305 g/mol. The van der Waals surface area contributed by atoms with Crippen LogP contribution in [0.2, 0.25) is 5.02 Å². The normalized spacial score (nSPS) is 12.3. The lowest BCUT2D eigenvalue weighted by atomic mass is 9.90. The third-order valence-electron chi connectivity index (χ3n) is 3.70. The summed E-state index contributed by atoms with van der Waals surface area (Å²) in [6.07, 6.45) is 0. The van der Waals surface area contributed by atoms with Gasteiger partial charge in [-0.25, -0.2) is 5.43 Å². The van der Waals surface area contributed by atoms with Gasteiger partial charge in [0.2, 0.25) is 0 Å². The molecule has 1 unspecified atom stereocenters. The maximum absolute atomic E-state index is 6.14. The molecule has 0 radical (unpaired) electrons. The lowest BCUT2D eigenvalue weighted by Crippen LogP contribution is -2.30. The molecule has 112 valence electrons. The quantitative estimate of drug-likeness (QED) is 0.666. The minimum absolute atomic E-state index is 0.167. The van der Waals surface area contributed by atoms with E-state index in [2.05, 4.69) is 38.3 Å². The standard InChI is InChI=1S/C17H21ClN2O/c1-10-7-11(2)16(12(3)8-10)17(20-19)14-9-13(18)5-6-15(14)21-4/h5-9,17,20H,19H2,1-4H3. The summed E-state index contributed by atoms with van der Waals surface area (Å²) >= 11 is 6.14. The van der Waals surface area contributed by atoms with Gasteiger partial charge in [-0.15, -0.1) is 0 Å². The number of rotatable bonds is 4. The topological polar surface area (TPSA) is 47.3 Å². The van der Waals surface area contributed by atoms with Crippen LogP contribution < -0.4 is 16.0 Å². The highest BCUT2D eigenvalue weighted by molar-refractivity contribution is 6.30. The zero-order chi connectivity index (χ0) is 15.6. The van der Waals surface area contributed by atoms with Crippen molar-refractivity contribution in [1.82, 2.24) is 5.43 Å². The van der Waals surface area contributed by atoms with Crippen LogP contribution in [0.25, 0.3) is 0 Å². The van der Waals surface area contributed by atoms with Crippen LogP contribution >= 0.6 is 11.6 Å². The first-order valence-electron chi connectivity index (χ1n) is 6.85. The fourth-order valence-corrected chi connectivity index (χ4v) is 3.09. The van der Waals surface area contributed by atoms with Gasteiger partial charge in [0.25, 0.3) is 0 Å². The van der Waals surface area contributed by atoms with Gasteiger partial charge < -0.3 is 4.74 Å². The van der Waals surface area contributed by atoms with Crippen LogP contribution in [0.4, 0.5) is 0 Å². The first-order chi connectivity index (χ1) is 9.97. The molecule has 0 aromatic heterocycles. The number of nitrogens with two attached hydrogens (primary N) is 1. The first-order valence-corrected chi connectivity index (χ1v) is 7.23. The molecule has 21 heavy (non-hydrogen) atoms. The minimum atomic E-state index is -0.167. The lowest BCUT2D eigenvalue weighted by Gasteiger charge is -2.24. The fraction of sp³-hybridized carbons (Fsp3) is 0.294. The highest BCUT2D eigenvalue weighted by Gasteiger charge is 2.21. The van der Waals surface area contributed by atoms with Gasteiger partial charge in [0.05, 0.1) is 13.2 Å². The van der Waals surface area contributed by atoms with Gasteiger partial charge >= 0.3 is 0 Å². The molecule has 3 nitrogen and oxygen atoms in total. The second kappa shape index (κ2) is 6.48. The van der Waals surface area contributed by atoms with E-state index in [1.54, 1.807) is 7.11 Å². The molecule has 0 saturated heterocycles. The molecule has 0 aliphatic carbocycles. The summed E-state index contributed by atoms with van der Waals surface area (Å²) in [4.78, 5) is 0. The summed E-state index contributed by atoms with van der Waals surface area (Å²) in [5.74, 6) is 6.60. The molecule has 0 aliphatic rings. The smallest absolute Gasteiger partial charge is 0.124 e. The van der Waals surface area contributed by atoms with Gasteiger partial charge in [-0.2, -0.15) is 0 Å². The van der Waals surface area contributed by atoms with E-state index in [-0.39, 0.29) is 6.04 Å². The summed E-state index contributed by atoms with van der Waals surface area (Å²) in [5.41, 5.74) is 8.61. The van der Waals surface area contributed by atoms with Crippen molar-refractivity contribution < 1.29 is 4.74 Å². The van der Waals surface area contributed by atoms with Crippen LogP contribution in [0.1, 0.15) is 33.9 Å². The Bertz CT molecular complexity index is 632. The zero-order valence-corrected chi connectivity index (χ0v) is 13.6. The summed E-state index contributed by atoms with van der Waals surface area (Å²) < 4.78 is 5.45. The van der Waals surface area contributed by atoms with E-state index in [9.17, 15) is 0 Å². The monoisotopic (exact) mass is 304 g/mol. The Kier molecular flexibility index (Phi) is 4.88. The third kappa shape index (κ3) is 3.21. The molecule has 0 bridgehead atoms. The van der Waals surface area contributed by atoms with Gasteiger partial charge in [-0.05, 0) is 55.7 Å². The van der Waals surface area contributed by atoms with Crippen molar-refractivity contribution in [2.75, 3.05) is 7.11 Å². The van der Waals surface area contributed by atoms with E-state index < -0.39 is 0 Å². The molecule has 0 amide bonds. The van der Waals surface area contributed by atoms with E-state index in [0.717, 1.165) is 16.9 Å². The highest BCUT2D eigenvalue weighted by atomic mass is 35.5. The van der Waals surface area contributed by atoms with Crippen LogP contribution in [-0.2, 0) is 0 Å². The number of aryl methyl sites for hydroxylation is 3. The van der Waals surface area contributed by atoms with E-state index in [1.165, 1.54) is 16.7 Å². The SMILES string of the molecule is COc1ccc(Cl)cc1C(NN)c1c(C)cc(C)cc1C. The molecule has 2 rings (SSSR count). The van der Waals surface area contributed by atoms with Crippen LogP contribution in [0.5, 0.6) is 5.75 Å². The van der Waals surface area contributed by atoms with Crippen molar-refractivity contribution in [2.24, 2.45) is 5.84 Å². The van der Waals surface area contributed by atoms with Gasteiger partial charge in [0, 0.05) is 10.6 Å². The second-order valence-corrected chi connectivity index (χ2v) is 5.73. The van der Waals surface area contributed by atoms with Crippen molar-refractivity contribution in [3.8, 4) is 5.75 Å². The van der Waals surface area contributed by atoms with Gasteiger partial charge in [0.15, 0.2) is 0 Å². The number of nitrogens with one attached hydrogen (secondary N) is 1. The van der Waals surface area contributed by atoms with Crippen molar-refractivity contribution in [3.63, 3.8) is 0 Å².